The van der Waals surface area contributed by atoms with E-state index in [9.17, 15) is 13.9 Å². The zero-order valence-corrected chi connectivity index (χ0v) is 24.5. The molecule has 4 aliphatic rings. The molecule has 6 heterocycles. The Morgan fingerprint density at radius 3 is 2.73 bits per heavy atom. The maximum absolute atomic E-state index is 16.8. The van der Waals surface area contributed by atoms with Crippen molar-refractivity contribution < 1.29 is 18.3 Å². The second-order valence-electron chi connectivity index (χ2n) is 12.7. The Balaban J connectivity index is 1.33. The Morgan fingerprint density at radius 2 is 1.93 bits per heavy atom. The Bertz CT molecular complexity index is 1880. The minimum Gasteiger partial charge on any atom is -0.508 e. The fraction of sp³-hybridized carbons (Fsp3) is 0.441. The molecule has 2 aromatic heterocycles. The minimum atomic E-state index is -0.921. The zero-order chi connectivity index (χ0) is 30.2. The normalized spacial score (nSPS) is 26.4. The average Bonchev–Trinajstić information content (AvgIpc) is 3.66. The number of rotatable bonds is 3. The van der Waals surface area contributed by atoms with Gasteiger partial charge in [-0.2, -0.15) is 0 Å². The summed E-state index contributed by atoms with van der Waals surface area (Å²) >= 11 is 0. The first-order valence-corrected chi connectivity index (χ1v) is 15.6. The summed E-state index contributed by atoms with van der Waals surface area (Å²) in [5.74, 6) is 6.05. The number of aromatic nitrogens is 3. The van der Waals surface area contributed by atoms with Crippen molar-refractivity contribution >= 4 is 27.5 Å². The topological polar surface area (TPSA) is 77.4 Å². The van der Waals surface area contributed by atoms with E-state index < -0.39 is 23.3 Å². The van der Waals surface area contributed by atoms with Gasteiger partial charge in [-0.1, -0.05) is 18.9 Å². The number of fused-ring (bicyclic) bond motifs is 5. The third kappa shape index (κ3) is 4.39. The molecule has 4 aliphatic heterocycles. The second kappa shape index (κ2) is 10.3. The predicted molar refractivity (Wildman–Crippen MR) is 163 cm³/mol. The van der Waals surface area contributed by atoms with Crippen molar-refractivity contribution in [2.45, 2.75) is 69.2 Å². The van der Waals surface area contributed by atoms with Gasteiger partial charge in [-0.25, -0.2) is 23.1 Å². The summed E-state index contributed by atoms with van der Waals surface area (Å²) in [5.41, 5.74) is 0.211. The first-order chi connectivity index (χ1) is 21.3. The molecule has 0 radical (unpaired) electrons. The Morgan fingerprint density at radius 1 is 1.11 bits per heavy atom. The number of aryl methyl sites for hydroxylation is 1. The molecule has 2 N–H and O–H groups in total. The van der Waals surface area contributed by atoms with Gasteiger partial charge in [0.25, 0.3) is 0 Å². The lowest BCUT2D eigenvalue weighted by molar-refractivity contribution is 0.255. The summed E-state index contributed by atoms with van der Waals surface area (Å²) in [6.45, 7) is 4.46. The average molecular weight is 599 g/mol. The molecule has 7 nitrogen and oxygen atoms in total. The highest BCUT2D eigenvalue weighted by Gasteiger charge is 2.47. The van der Waals surface area contributed by atoms with Gasteiger partial charge in [0.2, 0.25) is 5.82 Å². The van der Waals surface area contributed by atoms with Crippen LogP contribution in [0.4, 0.5) is 19.0 Å². The summed E-state index contributed by atoms with van der Waals surface area (Å²) in [6.07, 6.45) is 5.26. The number of halogens is 3. The summed E-state index contributed by atoms with van der Waals surface area (Å²) in [7, 11) is 0. The van der Waals surface area contributed by atoms with Crippen molar-refractivity contribution in [2.75, 3.05) is 31.1 Å². The van der Waals surface area contributed by atoms with Crippen LogP contribution in [-0.4, -0.2) is 74.9 Å². The van der Waals surface area contributed by atoms with Gasteiger partial charge in [-0.05, 0) is 79.1 Å². The van der Waals surface area contributed by atoms with Crippen molar-refractivity contribution in [3.8, 4) is 28.8 Å². The van der Waals surface area contributed by atoms with Crippen molar-refractivity contribution in [1.82, 2.24) is 25.2 Å². The smallest absolute Gasteiger partial charge is 0.207 e. The van der Waals surface area contributed by atoms with E-state index in [1.54, 1.807) is 18.3 Å². The van der Waals surface area contributed by atoms with Gasteiger partial charge in [-0.15, -0.1) is 0 Å². The van der Waals surface area contributed by atoms with E-state index >= 15 is 4.39 Å². The molecular weight excluding hydrogens is 565 g/mol. The van der Waals surface area contributed by atoms with E-state index in [0.29, 0.717) is 64.6 Å². The maximum Gasteiger partial charge on any atom is 0.207 e. The Hall–Kier alpha value is -3.94. The van der Waals surface area contributed by atoms with Crippen LogP contribution in [0.3, 0.4) is 0 Å². The molecule has 4 aromatic rings. The van der Waals surface area contributed by atoms with Crippen molar-refractivity contribution in [2.24, 2.45) is 0 Å². The molecule has 44 heavy (non-hydrogen) atoms. The highest BCUT2D eigenvalue weighted by Crippen LogP contribution is 2.41. The predicted octanol–water partition coefficient (Wildman–Crippen LogP) is 5.26. The van der Waals surface area contributed by atoms with E-state index in [2.05, 4.69) is 36.9 Å². The molecule has 4 atom stereocenters. The molecular formula is C34H33F3N6O. The van der Waals surface area contributed by atoms with Gasteiger partial charge in [0.1, 0.15) is 34.8 Å². The molecule has 0 spiro atoms. The standard InChI is InChI=1S/C34H33F3N6O/c1-2-24-27(36)7-4-19-12-23(44)13-25(29(19)24)31-30(37)32-26(15-38-31)33(42-17-21-5-6-22(18-42)39-21)41-28(40-32)8-10-34-9-3-11-43(34)16-20(35)14-34/h4,7,12-13,15,20-22,39,44H,2-3,5-6,9,11,14,16-18H2,1H3/t20-,21?,22?,34?/m1/s1. The largest absolute Gasteiger partial charge is 0.508 e. The van der Waals surface area contributed by atoms with Crippen molar-refractivity contribution in [3.63, 3.8) is 0 Å². The fourth-order valence-electron chi connectivity index (χ4n) is 8.00. The molecule has 4 saturated heterocycles. The molecule has 0 saturated carbocycles. The number of piperazine rings is 1. The third-order valence-electron chi connectivity index (χ3n) is 9.95. The molecule has 4 fully saturated rings. The van der Waals surface area contributed by atoms with Gasteiger partial charge in [0.05, 0.1) is 10.9 Å². The van der Waals surface area contributed by atoms with Gasteiger partial charge in [0, 0.05) is 49.9 Å². The lowest BCUT2D eigenvalue weighted by Crippen LogP contribution is -2.51. The molecule has 2 bridgehead atoms. The van der Waals surface area contributed by atoms with Crippen LogP contribution >= 0.6 is 0 Å². The van der Waals surface area contributed by atoms with E-state index in [4.69, 9.17) is 4.98 Å². The maximum atomic E-state index is 16.8. The molecule has 0 amide bonds. The van der Waals surface area contributed by atoms with Crippen LogP contribution < -0.4 is 10.2 Å². The number of nitrogens with one attached hydrogen (secondary N) is 1. The molecule has 0 aliphatic carbocycles. The summed E-state index contributed by atoms with van der Waals surface area (Å²) < 4.78 is 46.1. The number of benzene rings is 2. The van der Waals surface area contributed by atoms with E-state index in [0.717, 1.165) is 45.3 Å². The summed E-state index contributed by atoms with van der Waals surface area (Å²) in [5, 5.41) is 15.7. The summed E-state index contributed by atoms with van der Waals surface area (Å²) in [4.78, 5) is 18.3. The number of nitrogens with zero attached hydrogens (tertiary/aromatic N) is 5. The fourth-order valence-corrected chi connectivity index (χ4v) is 8.00. The molecule has 10 heteroatoms. The van der Waals surface area contributed by atoms with E-state index in [1.165, 1.54) is 12.1 Å². The van der Waals surface area contributed by atoms with Crippen molar-refractivity contribution in [3.05, 3.63) is 53.5 Å². The number of pyridine rings is 1. The highest BCUT2D eigenvalue weighted by molar-refractivity contribution is 6.01. The van der Waals surface area contributed by atoms with Gasteiger partial charge in [-0.3, -0.25) is 9.88 Å². The monoisotopic (exact) mass is 598 g/mol. The Labute approximate surface area is 253 Å². The van der Waals surface area contributed by atoms with E-state index in [-0.39, 0.29) is 22.8 Å². The number of alkyl halides is 1. The van der Waals surface area contributed by atoms with Crippen LogP contribution in [0.1, 0.15) is 50.4 Å². The lowest BCUT2D eigenvalue weighted by atomic mass is 9.94. The number of phenols is 1. The molecule has 2 aromatic carbocycles. The van der Waals surface area contributed by atoms with Crippen LogP contribution in [0.5, 0.6) is 5.75 Å². The Kier molecular flexibility index (Phi) is 6.47. The first kappa shape index (κ1) is 27.6. The summed E-state index contributed by atoms with van der Waals surface area (Å²) in [6, 6.07) is 6.54. The quantitative estimate of drug-likeness (QED) is 0.312. The zero-order valence-electron chi connectivity index (χ0n) is 24.5. The number of aromatic hydroxyl groups is 1. The van der Waals surface area contributed by atoms with Gasteiger partial charge < -0.3 is 15.3 Å². The van der Waals surface area contributed by atoms with Crippen LogP contribution in [0, 0.1) is 23.5 Å². The van der Waals surface area contributed by atoms with Crippen molar-refractivity contribution in [1.29, 1.82) is 0 Å². The van der Waals surface area contributed by atoms with Crippen LogP contribution in [0.25, 0.3) is 32.9 Å². The second-order valence-corrected chi connectivity index (χ2v) is 12.7. The number of phenolic OH excluding ortho intramolecular Hbond substituents is 1. The molecule has 3 unspecified atom stereocenters. The van der Waals surface area contributed by atoms with Crippen LogP contribution in [0.2, 0.25) is 0 Å². The van der Waals surface area contributed by atoms with E-state index in [1.807, 2.05) is 6.92 Å². The molecule has 8 rings (SSSR count). The number of anilines is 1. The highest BCUT2D eigenvalue weighted by atomic mass is 19.1. The lowest BCUT2D eigenvalue weighted by Gasteiger charge is -2.34. The third-order valence-corrected chi connectivity index (χ3v) is 9.95. The van der Waals surface area contributed by atoms with Gasteiger partial charge >= 0.3 is 0 Å². The minimum absolute atomic E-state index is 0.0285. The van der Waals surface area contributed by atoms with Crippen LogP contribution in [0.15, 0.2) is 30.5 Å². The van der Waals surface area contributed by atoms with Crippen LogP contribution in [-0.2, 0) is 6.42 Å². The SMILES string of the molecule is CCc1c(F)ccc2cc(O)cc(-c3ncc4c(N5CC6CCC(C5)N6)nc(C#CC56CCCN5C[C@H](F)C6)nc4c3F)c12. The van der Waals surface area contributed by atoms with Gasteiger partial charge in [0.15, 0.2) is 5.82 Å². The first-order valence-electron chi connectivity index (χ1n) is 15.6. The number of hydrogen-bond donors (Lipinski definition) is 2. The molecule has 226 valence electrons. The number of hydrogen-bond acceptors (Lipinski definition) is 7.